The molecule has 8 amide bonds. The Morgan fingerprint density at radius 1 is 0.667 bits per heavy atom. The summed E-state index contributed by atoms with van der Waals surface area (Å²) in [6.45, 7) is -0.722. The predicted molar refractivity (Wildman–Crippen MR) is 127 cm³/mol. The molecular weight excluding hydrogens is 540 g/mol. The first kappa shape index (κ1) is 43.7. The number of hydrogen-bond acceptors (Lipinski definition) is 16. The van der Waals surface area contributed by atoms with Crippen molar-refractivity contribution in [1.29, 1.82) is 0 Å². The van der Waals surface area contributed by atoms with E-state index in [1.807, 2.05) is 0 Å². The Hall–Kier alpha value is -5.30. The average molecular weight is 572 g/mol. The molecule has 0 aliphatic carbocycles. The fourth-order valence-electron chi connectivity index (χ4n) is 0.984. The van der Waals surface area contributed by atoms with E-state index in [4.69, 9.17) is 20.1 Å². The number of ether oxygens (including phenoxy) is 2. The van der Waals surface area contributed by atoms with Gasteiger partial charge in [0.25, 0.3) is 0 Å². The van der Waals surface area contributed by atoms with Gasteiger partial charge < -0.3 is 30.7 Å². The summed E-state index contributed by atoms with van der Waals surface area (Å²) < 4.78 is 8.97. The van der Waals surface area contributed by atoms with Crippen molar-refractivity contribution in [2.24, 2.45) is 9.98 Å². The van der Waals surface area contributed by atoms with Crippen molar-refractivity contribution in [3.05, 3.63) is 0 Å². The molecule has 0 saturated carbocycles. The zero-order chi connectivity index (χ0) is 31.8. The molecule has 0 rings (SSSR count). The fraction of sp³-hybridized carbons (Fsp3) is 0.529. The average Bonchev–Trinajstić information content (AvgIpc) is 2.98. The summed E-state index contributed by atoms with van der Waals surface area (Å²) in [5.74, 6) is 0. The summed E-state index contributed by atoms with van der Waals surface area (Å²) in [7, 11) is 10.5. The number of isocyanates is 2. The zero-order valence-electron chi connectivity index (χ0n) is 22.3. The van der Waals surface area contributed by atoms with Crippen molar-refractivity contribution < 1.29 is 68.1 Å². The molecule has 0 aliphatic rings. The van der Waals surface area contributed by atoms with Crippen molar-refractivity contribution in [3.8, 4) is 0 Å². The molecule has 39 heavy (non-hydrogen) atoms. The highest BCUT2D eigenvalue weighted by molar-refractivity contribution is 5.91. The van der Waals surface area contributed by atoms with Gasteiger partial charge in [0.2, 0.25) is 19.0 Å². The topological polar surface area (TPSA) is 293 Å². The van der Waals surface area contributed by atoms with E-state index in [9.17, 15) is 28.8 Å². The van der Waals surface area contributed by atoms with Crippen LogP contribution in [0.2, 0.25) is 0 Å². The van der Waals surface area contributed by atoms with E-state index in [1.165, 1.54) is 68.5 Å². The fourth-order valence-corrected chi connectivity index (χ4v) is 0.984. The molecule has 0 aromatic carbocycles. The molecule has 0 bridgehead atoms. The van der Waals surface area contributed by atoms with Gasteiger partial charge in [0.05, 0.1) is 0 Å². The zero-order valence-corrected chi connectivity index (χ0v) is 22.3. The van der Waals surface area contributed by atoms with E-state index >= 15 is 0 Å². The lowest BCUT2D eigenvalue weighted by atomic mass is 10.8. The number of nitrogens with one attached hydrogen (secondary N) is 4. The van der Waals surface area contributed by atoms with Crippen LogP contribution in [-0.4, -0.2) is 132 Å². The number of nitrogens with zero attached hydrogens (tertiary/aromatic N) is 4. The number of hydrogen-bond donors (Lipinski definition) is 6. The highest BCUT2D eigenvalue weighted by Gasteiger charge is 2.19. The van der Waals surface area contributed by atoms with Gasteiger partial charge in [-0.05, 0) is 0 Å². The minimum atomic E-state index is -1.00. The molecule has 0 aromatic heterocycles. The smallest absolute Gasteiger partial charge is 0.411 e. The summed E-state index contributed by atoms with van der Waals surface area (Å²) in [6.07, 6.45) is -1.06. The van der Waals surface area contributed by atoms with Crippen LogP contribution in [0.1, 0.15) is 0 Å². The Bertz CT molecular complexity index is 762. The summed E-state index contributed by atoms with van der Waals surface area (Å²) >= 11 is 0. The van der Waals surface area contributed by atoms with Gasteiger partial charge in [-0.3, -0.25) is 10.5 Å². The first-order chi connectivity index (χ1) is 18.4. The van der Waals surface area contributed by atoms with Gasteiger partial charge in [-0.25, -0.2) is 67.9 Å². The van der Waals surface area contributed by atoms with Crippen LogP contribution in [0.25, 0.3) is 0 Å². The molecule has 0 fully saturated rings. The first-order valence-electron chi connectivity index (χ1n) is 9.52. The summed E-state index contributed by atoms with van der Waals surface area (Å²) in [5.41, 5.74) is 0. The van der Waals surface area contributed by atoms with E-state index in [0.29, 0.717) is 9.80 Å². The molecule has 0 spiro atoms. The number of urea groups is 2. The van der Waals surface area contributed by atoms with E-state index < -0.39 is 43.2 Å². The maximum atomic E-state index is 11.2. The van der Waals surface area contributed by atoms with Crippen LogP contribution >= 0.6 is 0 Å². The largest absolute Gasteiger partial charge is 0.450 e. The third-order valence-corrected chi connectivity index (χ3v) is 2.73. The second kappa shape index (κ2) is 32.7. The highest BCUT2D eigenvalue weighted by Crippen LogP contribution is 1.95. The third kappa shape index (κ3) is 30.7. The third-order valence-electron chi connectivity index (χ3n) is 2.73. The molecular formula is C17H32N8O14. The highest BCUT2D eigenvalue weighted by atomic mass is 17.2. The first-order valence-corrected chi connectivity index (χ1v) is 9.52. The molecule has 6 N–H and O–H groups in total. The molecule has 0 aromatic rings. The van der Waals surface area contributed by atoms with Crippen molar-refractivity contribution in [2.75, 3.05) is 63.2 Å². The number of aliphatic imine (C=N–C) groups is 2. The van der Waals surface area contributed by atoms with Crippen LogP contribution < -0.4 is 21.3 Å². The molecule has 224 valence electrons. The molecule has 0 heterocycles. The van der Waals surface area contributed by atoms with Gasteiger partial charge in [0, 0.05) is 56.4 Å². The standard InChI is InChI=1S/C9H16N4O6.C4H8N2O4.2C2H3NO.H2O2/c1-10-6(14)12(3)8(16)18-5-19-9(17)13(4)7(15)11-2;1-5-3(7)9-10-4(8)6-2;2*1-3-2-4;1-2/h5H2,1-4H3,(H,10,14)(H,11,15);1-2H3,(H,5,7)(H,6,8);2*1H3;1-2H. The van der Waals surface area contributed by atoms with Gasteiger partial charge in [-0.2, -0.15) is 0 Å². The monoisotopic (exact) mass is 572 g/mol. The number of imide groups is 2. The van der Waals surface area contributed by atoms with Gasteiger partial charge in [0.1, 0.15) is 0 Å². The molecule has 0 radical (unpaired) electrons. The predicted octanol–water partition coefficient (Wildman–Crippen LogP) is -0.706. The quantitative estimate of drug-likeness (QED) is 0.0783. The molecule has 22 nitrogen and oxygen atoms in total. The van der Waals surface area contributed by atoms with Crippen molar-refractivity contribution in [1.82, 2.24) is 31.1 Å². The van der Waals surface area contributed by atoms with Gasteiger partial charge in [-0.15, -0.1) is 0 Å². The van der Waals surface area contributed by atoms with Crippen molar-refractivity contribution >= 4 is 48.6 Å². The molecule has 0 unspecified atom stereocenters. The second-order valence-corrected chi connectivity index (χ2v) is 5.04. The Kier molecular flexibility index (Phi) is 36.7. The molecule has 0 saturated heterocycles. The second-order valence-electron chi connectivity index (χ2n) is 5.04. The summed E-state index contributed by atoms with van der Waals surface area (Å²) in [5, 5.41) is 20.6. The maximum absolute atomic E-state index is 11.2. The van der Waals surface area contributed by atoms with Gasteiger partial charge >= 0.3 is 36.4 Å². The number of amides is 8. The SMILES string of the molecule is CN=C=O.CN=C=O.CNC(=O)N(C)C(=O)OCOC(=O)N(C)C(=O)NC.CNC(=O)OOC(=O)NC.OO. The number of carbonyl (C=O) groups is 6. The van der Waals surface area contributed by atoms with E-state index in [0.717, 1.165) is 0 Å². The number of carbonyl (C=O) groups excluding carboxylic acids is 8. The molecule has 22 heteroatoms. The minimum absolute atomic E-state index is 0.649. The summed E-state index contributed by atoms with van der Waals surface area (Å²) in [4.78, 5) is 97.6. The van der Waals surface area contributed by atoms with Gasteiger partial charge in [0.15, 0.2) is 0 Å². The number of rotatable bonds is 2. The molecule has 0 aliphatic heterocycles. The normalized spacial score (nSPS) is 7.44. The van der Waals surface area contributed by atoms with Crippen LogP contribution in [0.5, 0.6) is 0 Å². The Morgan fingerprint density at radius 3 is 1.10 bits per heavy atom. The lowest BCUT2D eigenvalue weighted by Crippen LogP contribution is -2.41. The van der Waals surface area contributed by atoms with Gasteiger partial charge in [-0.1, -0.05) is 0 Å². The Balaban J connectivity index is -0.000000160. The van der Waals surface area contributed by atoms with Crippen LogP contribution in [0, 0.1) is 0 Å². The summed E-state index contributed by atoms with van der Waals surface area (Å²) in [6, 6.07) is -1.36. The Labute approximate surface area is 221 Å². The van der Waals surface area contributed by atoms with E-state index in [-0.39, 0.29) is 0 Å². The van der Waals surface area contributed by atoms with Crippen LogP contribution in [0.15, 0.2) is 9.98 Å². The van der Waals surface area contributed by atoms with Crippen LogP contribution in [0.4, 0.5) is 28.8 Å². The lowest BCUT2D eigenvalue weighted by Gasteiger charge is -2.16. The van der Waals surface area contributed by atoms with E-state index in [1.54, 1.807) is 0 Å². The minimum Gasteiger partial charge on any atom is -0.411 e. The maximum Gasteiger partial charge on any atom is 0.450 e. The lowest BCUT2D eigenvalue weighted by molar-refractivity contribution is -0.177. The van der Waals surface area contributed by atoms with Crippen molar-refractivity contribution in [3.63, 3.8) is 0 Å². The Morgan fingerprint density at radius 2 is 0.923 bits per heavy atom. The van der Waals surface area contributed by atoms with E-state index in [2.05, 4.69) is 50.5 Å². The van der Waals surface area contributed by atoms with Crippen molar-refractivity contribution in [2.45, 2.75) is 0 Å². The van der Waals surface area contributed by atoms with Crippen LogP contribution in [-0.2, 0) is 28.8 Å². The van der Waals surface area contributed by atoms with Crippen LogP contribution in [0.3, 0.4) is 0 Å². The molecule has 0 atom stereocenters.